The number of imide groups is 1. The van der Waals surface area contributed by atoms with Gasteiger partial charge in [0.15, 0.2) is 5.82 Å². The first-order chi connectivity index (χ1) is 14.5. The van der Waals surface area contributed by atoms with Gasteiger partial charge in [-0.2, -0.15) is 4.98 Å². The summed E-state index contributed by atoms with van der Waals surface area (Å²) in [6.45, 7) is 2.00. The quantitative estimate of drug-likeness (QED) is 0.584. The third-order valence-electron chi connectivity index (χ3n) is 4.23. The Labute approximate surface area is 180 Å². The lowest BCUT2D eigenvalue weighted by Crippen LogP contribution is -2.37. The number of benzene rings is 1. The molecular formula is C20H16N4O4S2. The molecule has 0 saturated carbocycles. The van der Waals surface area contributed by atoms with Crippen LogP contribution in [0.25, 0.3) is 17.5 Å². The number of hydrogen-bond donors (Lipinski definition) is 1. The first-order valence-corrected chi connectivity index (χ1v) is 10.7. The number of carbonyl (C=O) groups is 3. The fraction of sp³-hybridized carbons (Fsp3) is 0.150. The largest absolute Gasteiger partial charge is 0.350 e. The summed E-state index contributed by atoms with van der Waals surface area (Å²) in [5.74, 6) is 0.273. The van der Waals surface area contributed by atoms with Crippen molar-refractivity contribution in [1.82, 2.24) is 20.4 Å². The van der Waals surface area contributed by atoms with E-state index < -0.39 is 0 Å². The van der Waals surface area contributed by atoms with Gasteiger partial charge in [-0.25, -0.2) is 0 Å². The van der Waals surface area contributed by atoms with Crippen LogP contribution in [-0.4, -0.2) is 45.2 Å². The monoisotopic (exact) mass is 440 g/mol. The number of rotatable bonds is 6. The molecule has 0 unspecified atom stereocenters. The minimum Gasteiger partial charge on any atom is -0.350 e. The molecule has 0 aliphatic carbocycles. The Kier molecular flexibility index (Phi) is 5.77. The number of aromatic nitrogens is 2. The summed E-state index contributed by atoms with van der Waals surface area (Å²) in [4.78, 5) is 43.5. The van der Waals surface area contributed by atoms with Crippen LogP contribution in [0.1, 0.15) is 21.1 Å². The summed E-state index contributed by atoms with van der Waals surface area (Å²) in [6, 6.07) is 10.5. The van der Waals surface area contributed by atoms with Gasteiger partial charge < -0.3 is 9.84 Å². The number of carbonyl (C=O) groups excluding carboxylic acids is 3. The Morgan fingerprint density at radius 1 is 1.23 bits per heavy atom. The molecular weight excluding hydrogens is 424 g/mol. The van der Waals surface area contributed by atoms with Crippen molar-refractivity contribution in [1.29, 1.82) is 0 Å². The van der Waals surface area contributed by atoms with Crippen LogP contribution in [0.5, 0.6) is 0 Å². The molecule has 2 aromatic heterocycles. The van der Waals surface area contributed by atoms with E-state index in [4.69, 9.17) is 4.52 Å². The van der Waals surface area contributed by atoms with Crippen molar-refractivity contribution in [3.05, 3.63) is 62.9 Å². The normalized spacial score (nSPS) is 15.2. The summed E-state index contributed by atoms with van der Waals surface area (Å²) in [5, 5.41) is 8.03. The van der Waals surface area contributed by atoms with Gasteiger partial charge in [0.2, 0.25) is 0 Å². The van der Waals surface area contributed by atoms with Crippen LogP contribution in [0.3, 0.4) is 0 Å². The minimum absolute atomic E-state index is 0.109. The molecule has 3 heterocycles. The number of aryl methyl sites for hydroxylation is 1. The standard InChI is InChI=1S/C20H16N4O4S2/c1-12-22-18(28-23-12)14-6-4-13(5-7-14)17(25)21-8-9-24-19(26)16(30-20(24)27)11-15-3-2-10-29-15/h2-7,10-11H,8-9H2,1H3,(H,21,25)/b16-11+. The SMILES string of the molecule is Cc1noc(-c2ccc(C(=O)NCCN3C(=O)S/C(=C/c4cccs4)C3=O)cc2)n1. The average molecular weight is 441 g/mol. The van der Waals surface area contributed by atoms with E-state index in [0.717, 1.165) is 21.5 Å². The van der Waals surface area contributed by atoms with Crippen LogP contribution >= 0.6 is 23.1 Å². The molecule has 0 spiro atoms. The summed E-state index contributed by atoms with van der Waals surface area (Å²) >= 11 is 2.40. The fourth-order valence-electron chi connectivity index (χ4n) is 2.76. The second-order valence-electron chi connectivity index (χ2n) is 6.33. The Bertz CT molecular complexity index is 1120. The van der Waals surface area contributed by atoms with Gasteiger partial charge in [-0.1, -0.05) is 11.2 Å². The van der Waals surface area contributed by atoms with Crippen molar-refractivity contribution in [3.63, 3.8) is 0 Å². The van der Waals surface area contributed by atoms with Gasteiger partial charge in [0.05, 0.1) is 4.91 Å². The predicted molar refractivity (Wildman–Crippen MR) is 114 cm³/mol. The maximum absolute atomic E-state index is 12.4. The summed E-state index contributed by atoms with van der Waals surface area (Å²) < 4.78 is 5.10. The van der Waals surface area contributed by atoms with E-state index in [9.17, 15) is 14.4 Å². The topological polar surface area (TPSA) is 105 Å². The predicted octanol–water partition coefficient (Wildman–Crippen LogP) is 3.57. The Hall–Kier alpha value is -3.24. The number of thiophene rings is 1. The lowest BCUT2D eigenvalue weighted by molar-refractivity contribution is -0.122. The molecule has 1 saturated heterocycles. The zero-order valence-electron chi connectivity index (χ0n) is 15.8. The number of nitrogens with zero attached hydrogens (tertiary/aromatic N) is 3. The van der Waals surface area contributed by atoms with E-state index in [-0.39, 0.29) is 30.1 Å². The minimum atomic E-state index is -0.341. The molecule has 4 rings (SSSR count). The Balaban J connectivity index is 1.32. The van der Waals surface area contributed by atoms with Gasteiger partial charge >= 0.3 is 0 Å². The van der Waals surface area contributed by atoms with Gasteiger partial charge in [-0.05, 0) is 60.5 Å². The molecule has 3 amide bonds. The molecule has 1 aliphatic heterocycles. The molecule has 1 aliphatic rings. The van der Waals surface area contributed by atoms with Crippen LogP contribution in [0.2, 0.25) is 0 Å². The van der Waals surface area contributed by atoms with E-state index >= 15 is 0 Å². The molecule has 10 heteroatoms. The van der Waals surface area contributed by atoms with Crippen molar-refractivity contribution in [2.75, 3.05) is 13.1 Å². The third-order valence-corrected chi connectivity index (χ3v) is 5.96. The van der Waals surface area contributed by atoms with Crippen molar-refractivity contribution in [2.24, 2.45) is 0 Å². The van der Waals surface area contributed by atoms with E-state index in [2.05, 4.69) is 15.5 Å². The summed E-state index contributed by atoms with van der Waals surface area (Å²) in [5.41, 5.74) is 1.16. The van der Waals surface area contributed by atoms with E-state index in [1.54, 1.807) is 37.3 Å². The first-order valence-electron chi connectivity index (χ1n) is 8.99. The molecule has 1 aromatic carbocycles. The lowest BCUT2D eigenvalue weighted by Gasteiger charge is -2.13. The molecule has 0 bridgehead atoms. The van der Waals surface area contributed by atoms with E-state index in [0.29, 0.717) is 27.7 Å². The molecule has 30 heavy (non-hydrogen) atoms. The summed E-state index contributed by atoms with van der Waals surface area (Å²) in [6.07, 6.45) is 1.71. The van der Waals surface area contributed by atoms with Crippen molar-refractivity contribution in [2.45, 2.75) is 6.92 Å². The highest BCUT2D eigenvalue weighted by molar-refractivity contribution is 8.18. The smallest absolute Gasteiger partial charge is 0.293 e. The van der Waals surface area contributed by atoms with Crippen LogP contribution in [0.15, 0.2) is 51.2 Å². The second kappa shape index (κ2) is 8.64. The number of amides is 3. The first kappa shape index (κ1) is 20.0. The Morgan fingerprint density at radius 2 is 2.03 bits per heavy atom. The third kappa shape index (κ3) is 4.34. The van der Waals surface area contributed by atoms with Crippen molar-refractivity contribution in [3.8, 4) is 11.5 Å². The maximum Gasteiger partial charge on any atom is 0.293 e. The summed E-state index contributed by atoms with van der Waals surface area (Å²) in [7, 11) is 0. The Morgan fingerprint density at radius 3 is 2.70 bits per heavy atom. The van der Waals surface area contributed by atoms with Crippen molar-refractivity contribution < 1.29 is 18.9 Å². The lowest BCUT2D eigenvalue weighted by atomic mass is 10.1. The molecule has 1 N–H and O–H groups in total. The molecule has 0 radical (unpaired) electrons. The zero-order valence-corrected chi connectivity index (χ0v) is 17.5. The van der Waals surface area contributed by atoms with Gasteiger partial charge in [0.1, 0.15) is 0 Å². The van der Waals surface area contributed by atoms with Gasteiger partial charge in [0, 0.05) is 29.1 Å². The average Bonchev–Trinajstić information content (AvgIpc) is 3.46. The van der Waals surface area contributed by atoms with Crippen LogP contribution in [0, 0.1) is 6.92 Å². The van der Waals surface area contributed by atoms with Crippen LogP contribution in [-0.2, 0) is 4.79 Å². The molecule has 0 atom stereocenters. The van der Waals surface area contributed by atoms with Gasteiger partial charge in [0.25, 0.3) is 22.9 Å². The number of nitrogens with one attached hydrogen (secondary N) is 1. The second-order valence-corrected chi connectivity index (χ2v) is 8.30. The highest BCUT2D eigenvalue weighted by atomic mass is 32.2. The van der Waals surface area contributed by atoms with Crippen LogP contribution < -0.4 is 5.32 Å². The van der Waals surface area contributed by atoms with Crippen LogP contribution in [0.4, 0.5) is 4.79 Å². The zero-order chi connectivity index (χ0) is 21.1. The molecule has 1 fully saturated rings. The highest BCUT2D eigenvalue weighted by Crippen LogP contribution is 2.32. The number of thioether (sulfide) groups is 1. The number of hydrogen-bond acceptors (Lipinski definition) is 8. The molecule has 152 valence electrons. The van der Waals surface area contributed by atoms with Gasteiger partial charge in [-0.3, -0.25) is 19.3 Å². The fourth-order valence-corrected chi connectivity index (χ4v) is 4.34. The van der Waals surface area contributed by atoms with Crippen molar-refractivity contribution >= 4 is 46.2 Å². The van der Waals surface area contributed by atoms with E-state index in [1.165, 1.54) is 11.3 Å². The molecule has 8 nitrogen and oxygen atoms in total. The highest BCUT2D eigenvalue weighted by Gasteiger charge is 2.34. The van der Waals surface area contributed by atoms with Gasteiger partial charge in [-0.15, -0.1) is 11.3 Å². The maximum atomic E-state index is 12.4. The van der Waals surface area contributed by atoms with E-state index in [1.807, 2.05) is 17.5 Å². The molecule has 3 aromatic rings.